The van der Waals surface area contributed by atoms with Crippen LogP contribution in [-0.2, 0) is 9.53 Å². The van der Waals surface area contributed by atoms with Crippen LogP contribution in [0.2, 0.25) is 0 Å². The second-order valence-corrected chi connectivity index (χ2v) is 5.73. The van der Waals surface area contributed by atoms with E-state index in [0.717, 1.165) is 0 Å². The molecule has 3 rings (SSSR count). The van der Waals surface area contributed by atoms with Crippen molar-refractivity contribution >= 4 is 17.7 Å². The van der Waals surface area contributed by atoms with E-state index in [-0.39, 0.29) is 5.91 Å². The van der Waals surface area contributed by atoms with Crippen LogP contribution in [0.5, 0.6) is 0 Å². The van der Waals surface area contributed by atoms with Gasteiger partial charge in [-0.2, -0.15) is 0 Å². The molecule has 2 aromatic rings. The molecule has 1 fully saturated rings. The summed E-state index contributed by atoms with van der Waals surface area (Å²) in [7, 11) is 0. The molecule has 0 atom stereocenters. The van der Waals surface area contributed by atoms with Crippen LogP contribution in [0.15, 0.2) is 34.0 Å². The lowest BCUT2D eigenvalue weighted by atomic mass is 10.3. The van der Waals surface area contributed by atoms with E-state index >= 15 is 0 Å². The van der Waals surface area contributed by atoms with Crippen LogP contribution in [0.1, 0.15) is 6.42 Å². The molecule has 0 spiro atoms. The lowest BCUT2D eigenvalue weighted by Gasteiger charge is -2.26. The molecule has 0 radical (unpaired) electrons. The van der Waals surface area contributed by atoms with Crippen molar-refractivity contribution in [2.75, 3.05) is 32.1 Å². The zero-order chi connectivity index (χ0) is 15.2. The lowest BCUT2D eigenvalue weighted by molar-refractivity contribution is -0.134. The number of morpholine rings is 1. The van der Waals surface area contributed by atoms with Gasteiger partial charge in [0.1, 0.15) is 5.69 Å². The van der Waals surface area contributed by atoms with Gasteiger partial charge in [-0.25, -0.2) is 0 Å². The lowest BCUT2D eigenvalue weighted by Crippen LogP contribution is -2.40. The van der Waals surface area contributed by atoms with Crippen molar-refractivity contribution in [3.05, 3.63) is 24.4 Å². The average Bonchev–Trinajstić information content (AvgIpc) is 3.05. The van der Waals surface area contributed by atoms with Gasteiger partial charge in [0.2, 0.25) is 5.91 Å². The minimum Gasteiger partial charge on any atom is -0.410 e. The first-order valence-corrected chi connectivity index (χ1v) is 8.05. The number of carbonyl (C=O) groups excluding carboxylic acids is 1. The van der Waals surface area contributed by atoms with E-state index in [0.29, 0.717) is 55.3 Å². The van der Waals surface area contributed by atoms with E-state index < -0.39 is 0 Å². The summed E-state index contributed by atoms with van der Waals surface area (Å²) in [6, 6.07) is 5.50. The minimum absolute atomic E-state index is 0.139. The fraction of sp³-hybridized carbons (Fsp3) is 0.429. The van der Waals surface area contributed by atoms with E-state index in [4.69, 9.17) is 9.15 Å². The topological polar surface area (TPSA) is 81.3 Å². The minimum atomic E-state index is 0.139. The van der Waals surface area contributed by atoms with Gasteiger partial charge in [0.25, 0.3) is 11.1 Å². The summed E-state index contributed by atoms with van der Waals surface area (Å²) in [5.74, 6) is 1.14. The molecular weight excluding hydrogens is 304 g/mol. The molecular formula is C14H16N4O3S. The van der Waals surface area contributed by atoms with E-state index in [1.807, 2.05) is 23.1 Å². The molecule has 0 saturated carbocycles. The van der Waals surface area contributed by atoms with Gasteiger partial charge in [-0.1, -0.05) is 17.8 Å². The average molecular weight is 320 g/mol. The highest BCUT2D eigenvalue weighted by atomic mass is 32.2. The van der Waals surface area contributed by atoms with E-state index in [9.17, 15) is 4.79 Å². The molecule has 0 bridgehead atoms. The molecule has 0 N–H and O–H groups in total. The standard InChI is InChI=1S/C14H16N4O3S/c19-12(18-6-8-20-9-7-18)4-10-22-14-17-16-13(21-14)11-3-1-2-5-15-11/h1-3,5H,4,6-10H2. The number of nitrogens with zero attached hydrogens (tertiary/aromatic N) is 4. The van der Waals surface area contributed by atoms with Crippen molar-refractivity contribution in [1.29, 1.82) is 0 Å². The third-order valence-corrected chi connectivity index (χ3v) is 4.02. The maximum Gasteiger partial charge on any atom is 0.276 e. The normalized spacial score (nSPS) is 15.0. The largest absolute Gasteiger partial charge is 0.410 e. The predicted molar refractivity (Wildman–Crippen MR) is 80.3 cm³/mol. The second kappa shape index (κ2) is 7.37. The Morgan fingerprint density at radius 1 is 1.27 bits per heavy atom. The first kappa shape index (κ1) is 15.0. The summed E-state index contributed by atoms with van der Waals surface area (Å²) in [5.41, 5.74) is 0.645. The van der Waals surface area contributed by atoms with Gasteiger partial charge in [0.15, 0.2) is 0 Å². The van der Waals surface area contributed by atoms with Crippen molar-refractivity contribution in [2.24, 2.45) is 0 Å². The summed E-state index contributed by atoms with van der Waals surface area (Å²) in [4.78, 5) is 18.0. The van der Waals surface area contributed by atoms with Crippen LogP contribution in [0.3, 0.4) is 0 Å². The van der Waals surface area contributed by atoms with Crippen LogP contribution >= 0.6 is 11.8 Å². The monoisotopic (exact) mass is 320 g/mol. The van der Waals surface area contributed by atoms with Gasteiger partial charge in [-0.3, -0.25) is 9.78 Å². The Kier molecular flexibility index (Phi) is 5.02. The third kappa shape index (κ3) is 3.83. The second-order valence-electron chi connectivity index (χ2n) is 4.68. The van der Waals surface area contributed by atoms with Crippen LogP contribution in [-0.4, -0.2) is 58.0 Å². The molecule has 2 aromatic heterocycles. The highest BCUT2D eigenvalue weighted by Crippen LogP contribution is 2.22. The fourth-order valence-electron chi connectivity index (χ4n) is 2.06. The quantitative estimate of drug-likeness (QED) is 0.772. The van der Waals surface area contributed by atoms with Gasteiger partial charge < -0.3 is 14.1 Å². The summed E-state index contributed by atoms with van der Waals surface area (Å²) >= 11 is 1.38. The molecule has 1 aliphatic heterocycles. The number of ether oxygens (including phenoxy) is 1. The van der Waals surface area contributed by atoms with Gasteiger partial charge in [0.05, 0.1) is 13.2 Å². The predicted octanol–water partition coefficient (Wildman–Crippen LogP) is 1.47. The van der Waals surface area contributed by atoms with Crippen molar-refractivity contribution < 1.29 is 13.9 Å². The molecule has 22 heavy (non-hydrogen) atoms. The van der Waals surface area contributed by atoms with Gasteiger partial charge in [-0.15, -0.1) is 10.2 Å². The summed E-state index contributed by atoms with van der Waals surface area (Å²) < 4.78 is 10.8. The number of pyridine rings is 1. The zero-order valence-corrected chi connectivity index (χ0v) is 12.8. The first-order valence-electron chi connectivity index (χ1n) is 7.06. The Bertz CT molecular complexity index is 614. The molecule has 1 aliphatic rings. The molecule has 1 saturated heterocycles. The van der Waals surface area contributed by atoms with Crippen molar-refractivity contribution in [2.45, 2.75) is 11.6 Å². The molecule has 7 nitrogen and oxygen atoms in total. The number of hydrogen-bond acceptors (Lipinski definition) is 7. The molecule has 3 heterocycles. The zero-order valence-electron chi connectivity index (χ0n) is 12.0. The molecule has 1 amide bonds. The Morgan fingerprint density at radius 3 is 2.91 bits per heavy atom. The molecule has 8 heteroatoms. The van der Waals surface area contributed by atoms with Crippen LogP contribution in [0.25, 0.3) is 11.6 Å². The van der Waals surface area contributed by atoms with E-state index in [1.165, 1.54) is 11.8 Å². The summed E-state index contributed by atoms with van der Waals surface area (Å²) in [6.45, 7) is 2.59. The van der Waals surface area contributed by atoms with Gasteiger partial charge in [-0.05, 0) is 12.1 Å². The Balaban J connectivity index is 1.48. The van der Waals surface area contributed by atoms with E-state index in [2.05, 4.69) is 15.2 Å². The smallest absolute Gasteiger partial charge is 0.276 e. The molecule has 0 aliphatic carbocycles. The Labute approximate surface area is 132 Å². The van der Waals surface area contributed by atoms with E-state index in [1.54, 1.807) is 6.20 Å². The number of thioether (sulfide) groups is 1. The SMILES string of the molecule is O=C(CCSc1nnc(-c2ccccn2)o1)N1CCOCC1. The third-order valence-electron chi connectivity index (χ3n) is 3.20. The number of rotatable bonds is 5. The maximum absolute atomic E-state index is 12.0. The fourth-order valence-corrected chi connectivity index (χ4v) is 2.75. The summed E-state index contributed by atoms with van der Waals surface area (Å²) in [6.07, 6.45) is 2.12. The Hall–Kier alpha value is -1.93. The molecule has 0 aromatic carbocycles. The molecule has 116 valence electrons. The van der Waals surface area contributed by atoms with Crippen LogP contribution < -0.4 is 0 Å². The number of hydrogen-bond donors (Lipinski definition) is 0. The van der Waals surface area contributed by atoms with Gasteiger partial charge in [0, 0.05) is 31.5 Å². The summed E-state index contributed by atoms with van der Waals surface area (Å²) in [5, 5.41) is 8.38. The van der Waals surface area contributed by atoms with Crippen molar-refractivity contribution in [3.8, 4) is 11.6 Å². The highest BCUT2D eigenvalue weighted by Gasteiger charge is 2.17. The maximum atomic E-state index is 12.0. The first-order chi connectivity index (χ1) is 10.8. The Morgan fingerprint density at radius 2 is 2.14 bits per heavy atom. The highest BCUT2D eigenvalue weighted by molar-refractivity contribution is 7.99. The number of aromatic nitrogens is 3. The van der Waals surface area contributed by atoms with Crippen LogP contribution in [0.4, 0.5) is 0 Å². The van der Waals surface area contributed by atoms with Crippen molar-refractivity contribution in [1.82, 2.24) is 20.1 Å². The van der Waals surface area contributed by atoms with Gasteiger partial charge >= 0.3 is 0 Å². The molecule has 0 unspecified atom stereocenters. The number of carbonyl (C=O) groups is 1. The van der Waals surface area contributed by atoms with Crippen molar-refractivity contribution in [3.63, 3.8) is 0 Å². The number of amides is 1. The van der Waals surface area contributed by atoms with Crippen LogP contribution in [0, 0.1) is 0 Å².